The van der Waals surface area contributed by atoms with Gasteiger partial charge in [0.25, 0.3) is 0 Å². The molecular formula is C5H9O2Si. The molecule has 0 N–H and O–H groups in total. The van der Waals surface area contributed by atoms with Crippen LogP contribution in [0.25, 0.3) is 0 Å². The van der Waals surface area contributed by atoms with Crippen molar-refractivity contribution in [2.75, 3.05) is 13.2 Å². The number of rotatable bonds is 2. The summed E-state index contributed by atoms with van der Waals surface area (Å²) in [6.45, 7) is 1.58. The molecule has 8 heavy (non-hydrogen) atoms. The first-order chi connectivity index (χ1) is 3.93. The van der Waals surface area contributed by atoms with Crippen LogP contribution < -0.4 is 0 Å². The summed E-state index contributed by atoms with van der Waals surface area (Å²) in [6.07, 6.45) is 2.66. The van der Waals surface area contributed by atoms with E-state index in [1.807, 2.05) is 0 Å². The summed E-state index contributed by atoms with van der Waals surface area (Å²) >= 11 is 0. The molecule has 0 aromatic rings. The second-order valence-corrected chi connectivity index (χ2v) is 2.23. The smallest absolute Gasteiger partial charge is 0.246 e. The van der Waals surface area contributed by atoms with Crippen LogP contribution in [-0.2, 0) is 9.16 Å². The zero-order valence-electron chi connectivity index (χ0n) is 4.72. The molecule has 0 saturated carbocycles. The predicted molar refractivity (Wildman–Crippen MR) is 30.7 cm³/mol. The van der Waals surface area contributed by atoms with Gasteiger partial charge in [-0.2, -0.15) is 0 Å². The first-order valence-corrected chi connectivity index (χ1v) is 3.24. The summed E-state index contributed by atoms with van der Waals surface area (Å²) in [5.74, 6) is 0. The van der Waals surface area contributed by atoms with Gasteiger partial charge in [0.2, 0.25) is 10.5 Å². The first kappa shape index (κ1) is 6.26. The van der Waals surface area contributed by atoms with E-state index in [0.29, 0.717) is 12.7 Å². The highest BCUT2D eigenvalue weighted by Gasteiger charge is 2.13. The first-order valence-electron chi connectivity index (χ1n) is 2.83. The molecule has 2 nitrogen and oxygen atoms in total. The normalized spacial score (nSPS) is 28.9. The molecule has 0 aromatic carbocycles. The minimum absolute atomic E-state index is 0.340. The van der Waals surface area contributed by atoms with Crippen molar-refractivity contribution in [3.05, 3.63) is 0 Å². The highest BCUT2D eigenvalue weighted by molar-refractivity contribution is 5.97. The van der Waals surface area contributed by atoms with Gasteiger partial charge in [-0.3, -0.25) is 0 Å². The standard InChI is InChI=1S/C5H9O2Si/c8-7-4-5-2-1-3-6-5/h5H,1-4H2. The zero-order valence-corrected chi connectivity index (χ0v) is 5.72. The minimum atomic E-state index is 0.340. The molecular weight excluding hydrogens is 120 g/mol. The number of ether oxygens (including phenoxy) is 1. The van der Waals surface area contributed by atoms with E-state index in [9.17, 15) is 0 Å². The average molecular weight is 129 g/mol. The summed E-state index contributed by atoms with van der Waals surface area (Å²) in [4.78, 5) is 0. The maximum atomic E-state index is 5.24. The summed E-state index contributed by atoms with van der Waals surface area (Å²) in [5, 5.41) is 0. The predicted octanol–water partition coefficient (Wildman–Crippen LogP) is 0.265. The molecule has 0 amide bonds. The molecule has 1 atom stereocenters. The van der Waals surface area contributed by atoms with Crippen molar-refractivity contribution < 1.29 is 9.16 Å². The van der Waals surface area contributed by atoms with Crippen LogP contribution >= 0.6 is 0 Å². The van der Waals surface area contributed by atoms with Crippen LogP contribution in [0.3, 0.4) is 0 Å². The molecule has 1 aliphatic rings. The van der Waals surface area contributed by atoms with E-state index in [2.05, 4.69) is 10.5 Å². The van der Waals surface area contributed by atoms with Crippen LogP contribution in [0, 0.1) is 0 Å². The van der Waals surface area contributed by atoms with Gasteiger partial charge in [-0.15, -0.1) is 0 Å². The lowest BCUT2D eigenvalue weighted by molar-refractivity contribution is 0.0712. The van der Waals surface area contributed by atoms with E-state index in [-0.39, 0.29) is 0 Å². The Morgan fingerprint density at radius 2 is 2.62 bits per heavy atom. The van der Waals surface area contributed by atoms with E-state index in [4.69, 9.17) is 9.16 Å². The van der Waals surface area contributed by atoms with Crippen molar-refractivity contribution in [2.45, 2.75) is 18.9 Å². The van der Waals surface area contributed by atoms with Crippen LogP contribution in [-0.4, -0.2) is 29.8 Å². The molecule has 1 saturated heterocycles. The fourth-order valence-corrected chi connectivity index (χ4v) is 1.05. The summed E-state index contributed by atoms with van der Waals surface area (Å²) < 4.78 is 9.94. The van der Waals surface area contributed by atoms with Crippen LogP contribution in [0.4, 0.5) is 0 Å². The third-order valence-electron chi connectivity index (χ3n) is 1.29. The molecule has 0 spiro atoms. The molecule has 1 unspecified atom stereocenters. The van der Waals surface area contributed by atoms with Gasteiger partial charge in [0.15, 0.2) is 0 Å². The Kier molecular flexibility index (Phi) is 2.52. The Morgan fingerprint density at radius 3 is 3.12 bits per heavy atom. The van der Waals surface area contributed by atoms with Gasteiger partial charge in [0.05, 0.1) is 12.7 Å². The Hall–Kier alpha value is 0.137. The second kappa shape index (κ2) is 3.22. The third kappa shape index (κ3) is 1.58. The van der Waals surface area contributed by atoms with E-state index in [0.717, 1.165) is 13.0 Å². The van der Waals surface area contributed by atoms with Crippen LogP contribution in [0.1, 0.15) is 12.8 Å². The second-order valence-electron chi connectivity index (χ2n) is 1.95. The van der Waals surface area contributed by atoms with Crippen molar-refractivity contribution in [2.24, 2.45) is 0 Å². The fourth-order valence-electron chi connectivity index (χ4n) is 0.869. The molecule has 45 valence electrons. The molecule has 0 bridgehead atoms. The Bertz CT molecular complexity index is 61.4. The Balaban J connectivity index is 2.06. The molecule has 1 aliphatic heterocycles. The minimum Gasteiger partial charge on any atom is -0.416 e. The van der Waals surface area contributed by atoms with Gasteiger partial charge in [0, 0.05) is 6.61 Å². The van der Waals surface area contributed by atoms with Gasteiger partial charge >= 0.3 is 0 Å². The van der Waals surface area contributed by atoms with Crippen molar-refractivity contribution in [1.29, 1.82) is 0 Å². The fraction of sp³-hybridized carbons (Fsp3) is 1.00. The lowest BCUT2D eigenvalue weighted by atomic mass is 10.2. The maximum Gasteiger partial charge on any atom is 0.246 e. The highest BCUT2D eigenvalue weighted by Crippen LogP contribution is 2.10. The molecule has 1 fully saturated rings. The lowest BCUT2D eigenvalue weighted by Gasteiger charge is -2.05. The van der Waals surface area contributed by atoms with Gasteiger partial charge in [-0.05, 0) is 12.8 Å². The van der Waals surface area contributed by atoms with Crippen molar-refractivity contribution >= 4 is 10.5 Å². The average Bonchev–Trinajstić information content (AvgIpc) is 2.19. The number of hydrogen-bond acceptors (Lipinski definition) is 2. The van der Waals surface area contributed by atoms with Gasteiger partial charge in [-0.1, -0.05) is 0 Å². The Labute approximate surface area is 52.7 Å². The topological polar surface area (TPSA) is 18.5 Å². The van der Waals surface area contributed by atoms with E-state index in [1.165, 1.54) is 6.42 Å². The van der Waals surface area contributed by atoms with E-state index >= 15 is 0 Å². The molecule has 1 heterocycles. The molecule has 0 aromatic heterocycles. The lowest BCUT2D eigenvalue weighted by Crippen LogP contribution is -2.12. The summed E-state index contributed by atoms with van der Waals surface area (Å²) in [7, 11) is 2.92. The van der Waals surface area contributed by atoms with Crippen molar-refractivity contribution in [3.8, 4) is 0 Å². The summed E-state index contributed by atoms with van der Waals surface area (Å²) in [6, 6.07) is 0. The van der Waals surface area contributed by atoms with Crippen molar-refractivity contribution in [1.82, 2.24) is 0 Å². The summed E-state index contributed by atoms with van der Waals surface area (Å²) in [5.41, 5.74) is 0. The van der Waals surface area contributed by atoms with E-state index < -0.39 is 0 Å². The largest absolute Gasteiger partial charge is 0.416 e. The van der Waals surface area contributed by atoms with Gasteiger partial charge < -0.3 is 9.16 Å². The SMILES string of the molecule is [Si]OCC1CCCO1. The maximum absolute atomic E-state index is 5.24. The molecule has 0 aliphatic carbocycles. The van der Waals surface area contributed by atoms with Crippen LogP contribution in [0.15, 0.2) is 0 Å². The quantitative estimate of drug-likeness (QED) is 0.498. The van der Waals surface area contributed by atoms with Crippen LogP contribution in [0.5, 0.6) is 0 Å². The monoisotopic (exact) mass is 129 g/mol. The molecule has 3 heteroatoms. The highest BCUT2D eigenvalue weighted by atomic mass is 28.2. The Morgan fingerprint density at radius 1 is 1.75 bits per heavy atom. The van der Waals surface area contributed by atoms with Crippen LogP contribution in [0.2, 0.25) is 0 Å². The van der Waals surface area contributed by atoms with Crippen molar-refractivity contribution in [3.63, 3.8) is 0 Å². The number of hydrogen-bond donors (Lipinski definition) is 0. The van der Waals surface area contributed by atoms with Gasteiger partial charge in [0.1, 0.15) is 0 Å². The van der Waals surface area contributed by atoms with Gasteiger partial charge in [-0.25, -0.2) is 0 Å². The third-order valence-corrected chi connectivity index (χ3v) is 1.46. The molecule has 1 rings (SSSR count). The van der Waals surface area contributed by atoms with E-state index in [1.54, 1.807) is 0 Å². The molecule has 3 radical (unpaired) electrons. The zero-order chi connectivity index (χ0) is 5.82.